The molecule has 28 heavy (non-hydrogen) atoms. The molecule has 1 N–H and O–H groups in total. The quantitative estimate of drug-likeness (QED) is 0.426. The molecule has 0 aromatic carbocycles. The van der Waals surface area contributed by atoms with Crippen LogP contribution in [0, 0.1) is 5.41 Å². The maximum atomic E-state index is 12.3. The summed E-state index contributed by atoms with van der Waals surface area (Å²) in [5.41, 5.74) is 0.571. The van der Waals surface area contributed by atoms with Crippen molar-refractivity contribution >= 4 is 34.2 Å². The number of hydrogen-bond acceptors (Lipinski definition) is 6. The van der Waals surface area contributed by atoms with E-state index in [1.54, 1.807) is 6.92 Å². The van der Waals surface area contributed by atoms with Gasteiger partial charge in [0.2, 0.25) is 5.91 Å². The van der Waals surface area contributed by atoms with Crippen molar-refractivity contribution in [2.45, 2.75) is 72.6 Å². The highest BCUT2D eigenvalue weighted by Gasteiger charge is 2.24. The zero-order valence-electron chi connectivity index (χ0n) is 17.8. The fraction of sp³-hybridized carbons (Fsp3) is 0.667. The second-order valence-electron chi connectivity index (χ2n) is 8.11. The first-order valence-corrected chi connectivity index (χ1v) is 10.6. The van der Waals surface area contributed by atoms with Crippen LogP contribution in [0.1, 0.15) is 87.9 Å². The van der Waals surface area contributed by atoms with Crippen LogP contribution >= 0.6 is 11.3 Å². The first-order chi connectivity index (χ1) is 13.1. The molecule has 1 unspecified atom stereocenters. The summed E-state index contributed by atoms with van der Waals surface area (Å²) < 4.78 is 9.73. The van der Waals surface area contributed by atoms with Crippen LogP contribution in [0.3, 0.4) is 0 Å². The zero-order chi connectivity index (χ0) is 21.3. The minimum atomic E-state index is -0.422. The third-order valence-corrected chi connectivity index (χ3v) is 5.45. The number of amides is 1. The smallest absolute Gasteiger partial charge is 0.341 e. The van der Waals surface area contributed by atoms with Gasteiger partial charge in [0, 0.05) is 17.7 Å². The fourth-order valence-electron chi connectivity index (χ4n) is 2.97. The molecule has 1 rings (SSSR count). The Balaban J connectivity index is 2.82. The van der Waals surface area contributed by atoms with Crippen molar-refractivity contribution in [3.05, 3.63) is 16.5 Å². The third kappa shape index (κ3) is 8.42. The Morgan fingerprint density at radius 1 is 1.18 bits per heavy atom. The molecule has 0 aliphatic carbocycles. The predicted molar refractivity (Wildman–Crippen MR) is 112 cm³/mol. The van der Waals surface area contributed by atoms with Crippen LogP contribution in [-0.2, 0) is 19.1 Å². The average Bonchev–Trinajstić information content (AvgIpc) is 3.01. The van der Waals surface area contributed by atoms with Crippen molar-refractivity contribution in [3.8, 4) is 0 Å². The highest BCUT2D eigenvalue weighted by Crippen LogP contribution is 2.38. The third-order valence-electron chi connectivity index (χ3n) is 4.17. The molecule has 7 heteroatoms. The monoisotopic (exact) mass is 411 g/mol. The molecule has 0 saturated heterocycles. The van der Waals surface area contributed by atoms with Gasteiger partial charge >= 0.3 is 11.9 Å². The average molecular weight is 412 g/mol. The van der Waals surface area contributed by atoms with Gasteiger partial charge in [0.25, 0.3) is 0 Å². The summed E-state index contributed by atoms with van der Waals surface area (Å²) in [7, 11) is 1.35. The summed E-state index contributed by atoms with van der Waals surface area (Å²) in [5.74, 6) is -0.606. The number of carbonyl (C=O) groups excluding carboxylic acids is 3. The fourth-order valence-corrected chi connectivity index (χ4v) is 4.09. The highest BCUT2D eigenvalue weighted by molar-refractivity contribution is 7.16. The van der Waals surface area contributed by atoms with Gasteiger partial charge in [-0.2, -0.15) is 0 Å². The van der Waals surface area contributed by atoms with Gasteiger partial charge in [-0.1, -0.05) is 27.7 Å². The normalized spacial score (nSPS) is 12.4. The Bertz CT molecular complexity index is 675. The molecule has 0 aliphatic rings. The second-order valence-corrected chi connectivity index (χ2v) is 9.19. The molecule has 1 aromatic heterocycles. The molecule has 6 nitrogen and oxygen atoms in total. The molecular formula is C21H33NO5S. The Morgan fingerprint density at radius 3 is 2.39 bits per heavy atom. The number of anilines is 1. The van der Waals surface area contributed by atoms with Crippen LogP contribution in [0.5, 0.6) is 0 Å². The second kappa shape index (κ2) is 11.2. The van der Waals surface area contributed by atoms with E-state index in [1.807, 2.05) is 6.07 Å². The van der Waals surface area contributed by atoms with Gasteiger partial charge in [0.1, 0.15) is 5.00 Å². The molecule has 1 amide bonds. The lowest BCUT2D eigenvalue weighted by molar-refractivity contribution is -0.140. The van der Waals surface area contributed by atoms with E-state index in [0.717, 1.165) is 11.3 Å². The van der Waals surface area contributed by atoms with Gasteiger partial charge in [-0.05, 0) is 43.6 Å². The lowest BCUT2D eigenvalue weighted by Gasteiger charge is -2.22. The molecule has 0 radical (unpaired) electrons. The number of thiophene rings is 1. The van der Waals surface area contributed by atoms with E-state index >= 15 is 0 Å². The van der Waals surface area contributed by atoms with E-state index in [1.165, 1.54) is 18.4 Å². The summed E-state index contributed by atoms with van der Waals surface area (Å²) >= 11 is 1.43. The van der Waals surface area contributed by atoms with Crippen LogP contribution in [0.2, 0.25) is 0 Å². The number of esters is 2. The molecule has 0 aliphatic heterocycles. The van der Waals surface area contributed by atoms with Gasteiger partial charge in [-0.3, -0.25) is 9.59 Å². The Hall–Kier alpha value is -1.89. The van der Waals surface area contributed by atoms with Crippen LogP contribution in [-0.4, -0.2) is 31.6 Å². The molecule has 0 bridgehead atoms. The summed E-state index contributed by atoms with van der Waals surface area (Å²) in [4.78, 5) is 36.8. The lowest BCUT2D eigenvalue weighted by Crippen LogP contribution is -2.14. The van der Waals surface area contributed by atoms with E-state index in [-0.39, 0.29) is 36.2 Å². The molecule has 1 aromatic rings. The van der Waals surface area contributed by atoms with Gasteiger partial charge in [0.15, 0.2) is 0 Å². The molecule has 0 fully saturated rings. The highest BCUT2D eigenvalue weighted by atomic mass is 32.1. The summed E-state index contributed by atoms with van der Waals surface area (Å²) in [6.07, 6.45) is 2.71. The first kappa shape index (κ1) is 24.1. The maximum absolute atomic E-state index is 12.3. The molecule has 1 atom stereocenters. The van der Waals surface area contributed by atoms with E-state index < -0.39 is 5.97 Å². The predicted octanol–water partition coefficient (Wildman–Crippen LogP) is 5.14. The van der Waals surface area contributed by atoms with Gasteiger partial charge in [-0.25, -0.2) is 4.79 Å². The number of hydrogen-bond donors (Lipinski definition) is 1. The van der Waals surface area contributed by atoms with Crippen molar-refractivity contribution < 1.29 is 23.9 Å². The standard InChI is InChI=1S/C21H33NO5S/c1-7-27-20(25)15-12-16(14(2)13-21(3,4)5)28-19(15)22-17(23)10-8-9-11-18(24)26-6/h12,14H,7-11,13H2,1-6H3,(H,22,23). The maximum Gasteiger partial charge on any atom is 0.341 e. The van der Waals surface area contributed by atoms with Crippen molar-refractivity contribution in [2.24, 2.45) is 5.41 Å². The minimum Gasteiger partial charge on any atom is -0.469 e. The largest absolute Gasteiger partial charge is 0.469 e. The Morgan fingerprint density at radius 2 is 1.82 bits per heavy atom. The minimum absolute atomic E-state index is 0.163. The van der Waals surface area contributed by atoms with Crippen molar-refractivity contribution in [2.75, 3.05) is 19.0 Å². The molecule has 1 heterocycles. The van der Waals surface area contributed by atoms with Crippen LogP contribution < -0.4 is 5.32 Å². The van der Waals surface area contributed by atoms with Gasteiger partial charge in [0.05, 0.1) is 19.3 Å². The van der Waals surface area contributed by atoms with Crippen LogP contribution in [0.4, 0.5) is 5.00 Å². The summed E-state index contributed by atoms with van der Waals surface area (Å²) in [5, 5.41) is 3.39. The summed E-state index contributed by atoms with van der Waals surface area (Å²) in [6, 6.07) is 1.84. The number of nitrogens with one attached hydrogen (secondary N) is 1. The number of carbonyl (C=O) groups is 3. The first-order valence-electron chi connectivity index (χ1n) is 9.75. The molecule has 158 valence electrons. The SMILES string of the molecule is CCOC(=O)c1cc(C(C)CC(C)(C)C)sc1NC(=O)CCCCC(=O)OC. The number of rotatable bonds is 10. The van der Waals surface area contributed by atoms with E-state index in [0.29, 0.717) is 29.8 Å². The van der Waals surface area contributed by atoms with Crippen LogP contribution in [0.25, 0.3) is 0 Å². The zero-order valence-corrected chi connectivity index (χ0v) is 18.7. The molecule has 0 spiro atoms. The van der Waals surface area contributed by atoms with Crippen molar-refractivity contribution in [3.63, 3.8) is 0 Å². The number of ether oxygens (including phenoxy) is 2. The topological polar surface area (TPSA) is 81.7 Å². The Kier molecular flexibility index (Phi) is 9.65. The Labute approximate surface area is 172 Å². The number of unbranched alkanes of at least 4 members (excludes halogenated alkanes) is 1. The van der Waals surface area contributed by atoms with Crippen LogP contribution in [0.15, 0.2) is 6.07 Å². The molecule has 0 saturated carbocycles. The van der Waals surface area contributed by atoms with E-state index in [2.05, 4.69) is 37.7 Å². The van der Waals surface area contributed by atoms with Crippen molar-refractivity contribution in [1.82, 2.24) is 0 Å². The van der Waals surface area contributed by atoms with E-state index in [9.17, 15) is 14.4 Å². The molecular weight excluding hydrogens is 378 g/mol. The van der Waals surface area contributed by atoms with Crippen molar-refractivity contribution in [1.29, 1.82) is 0 Å². The van der Waals surface area contributed by atoms with E-state index in [4.69, 9.17) is 4.74 Å². The lowest BCUT2D eigenvalue weighted by atomic mass is 9.85. The summed E-state index contributed by atoms with van der Waals surface area (Å²) in [6.45, 7) is 10.7. The van der Waals surface area contributed by atoms with Gasteiger partial charge in [-0.15, -0.1) is 11.3 Å². The van der Waals surface area contributed by atoms with Gasteiger partial charge < -0.3 is 14.8 Å². The number of methoxy groups -OCH3 is 1.